The van der Waals surface area contributed by atoms with Crippen LogP contribution in [0.25, 0.3) is 0 Å². The number of hydrogen-bond donors (Lipinski definition) is 3. The van der Waals surface area contributed by atoms with Crippen LogP contribution in [0.2, 0.25) is 0 Å². The lowest BCUT2D eigenvalue weighted by molar-refractivity contribution is -0.239. The zero-order valence-corrected chi connectivity index (χ0v) is 25.5. The number of sulfonamides is 1. The Labute approximate surface area is 259 Å². The standard InChI is InChI=1S/C35H39NO7S/c1-26-17-19-30(20-18-26)44(39,40)36-32-31(37)21-35(38,25-41-22-27-11-5-2-6-12-27)34(43-24-29-15-9-4-10-16-29)33(32)42-23-28-13-7-3-8-14-28/h2-20,31-34,36-38H,21-25H2,1H3/t31-,32-,33+,34-,35-/m0/s1. The minimum Gasteiger partial charge on any atom is -0.391 e. The maximum atomic E-state index is 13.5. The molecule has 0 unspecified atom stereocenters. The molecule has 0 bridgehead atoms. The molecule has 0 aliphatic heterocycles. The monoisotopic (exact) mass is 617 g/mol. The van der Waals surface area contributed by atoms with Crippen LogP contribution in [0, 0.1) is 6.92 Å². The summed E-state index contributed by atoms with van der Waals surface area (Å²) in [6.45, 7) is 2.18. The largest absolute Gasteiger partial charge is 0.391 e. The second-order valence-electron chi connectivity index (χ2n) is 11.3. The molecule has 5 rings (SSSR count). The van der Waals surface area contributed by atoms with Gasteiger partial charge in [-0.2, -0.15) is 0 Å². The van der Waals surface area contributed by atoms with Crippen molar-refractivity contribution in [2.75, 3.05) is 6.61 Å². The van der Waals surface area contributed by atoms with E-state index in [0.29, 0.717) is 0 Å². The Bertz CT molecular complexity index is 1550. The molecule has 232 valence electrons. The van der Waals surface area contributed by atoms with Gasteiger partial charge in [0.1, 0.15) is 17.8 Å². The zero-order chi connectivity index (χ0) is 31.0. The summed E-state index contributed by atoms with van der Waals surface area (Å²) >= 11 is 0. The van der Waals surface area contributed by atoms with E-state index in [-0.39, 0.29) is 37.7 Å². The van der Waals surface area contributed by atoms with Crippen LogP contribution >= 0.6 is 0 Å². The van der Waals surface area contributed by atoms with Gasteiger partial charge < -0.3 is 24.4 Å². The average molecular weight is 618 g/mol. The highest BCUT2D eigenvalue weighted by Gasteiger charge is 2.55. The molecule has 0 aromatic heterocycles. The number of hydrogen-bond acceptors (Lipinski definition) is 7. The highest BCUT2D eigenvalue weighted by molar-refractivity contribution is 7.89. The molecule has 8 nitrogen and oxygen atoms in total. The lowest BCUT2D eigenvalue weighted by Crippen LogP contribution is -2.69. The number of rotatable bonds is 13. The van der Waals surface area contributed by atoms with Crippen LogP contribution in [0.5, 0.6) is 0 Å². The molecule has 0 saturated heterocycles. The third-order valence-corrected chi connectivity index (χ3v) is 9.28. The molecule has 9 heteroatoms. The van der Waals surface area contributed by atoms with Crippen LogP contribution in [0.3, 0.4) is 0 Å². The van der Waals surface area contributed by atoms with E-state index in [2.05, 4.69) is 4.72 Å². The molecule has 1 aliphatic carbocycles. The Hall–Kier alpha value is -3.41. The van der Waals surface area contributed by atoms with Gasteiger partial charge in [-0.15, -0.1) is 0 Å². The fraction of sp³-hybridized carbons (Fsp3) is 0.314. The van der Waals surface area contributed by atoms with Crippen molar-refractivity contribution in [1.82, 2.24) is 4.72 Å². The molecular weight excluding hydrogens is 578 g/mol. The van der Waals surface area contributed by atoms with Gasteiger partial charge in [-0.05, 0) is 35.7 Å². The maximum absolute atomic E-state index is 13.5. The van der Waals surface area contributed by atoms with Crippen molar-refractivity contribution >= 4 is 10.0 Å². The van der Waals surface area contributed by atoms with Gasteiger partial charge in [-0.3, -0.25) is 0 Å². The predicted octanol–water partition coefficient (Wildman–Crippen LogP) is 4.53. The van der Waals surface area contributed by atoms with Crippen LogP contribution in [-0.2, 0) is 44.1 Å². The van der Waals surface area contributed by atoms with Gasteiger partial charge in [-0.1, -0.05) is 109 Å². The van der Waals surface area contributed by atoms with Gasteiger partial charge >= 0.3 is 0 Å². The second-order valence-corrected chi connectivity index (χ2v) is 13.0. The molecule has 3 N–H and O–H groups in total. The number of aliphatic hydroxyl groups is 2. The lowest BCUT2D eigenvalue weighted by atomic mass is 9.76. The highest BCUT2D eigenvalue weighted by atomic mass is 32.2. The topological polar surface area (TPSA) is 114 Å². The van der Waals surface area contributed by atoms with Gasteiger partial charge in [0.05, 0.1) is 43.5 Å². The first-order chi connectivity index (χ1) is 21.2. The van der Waals surface area contributed by atoms with Crippen LogP contribution in [0.1, 0.15) is 28.7 Å². The third-order valence-electron chi connectivity index (χ3n) is 7.80. The Morgan fingerprint density at radius 2 is 1.25 bits per heavy atom. The van der Waals surface area contributed by atoms with Crippen LogP contribution < -0.4 is 4.72 Å². The fourth-order valence-corrected chi connectivity index (χ4v) is 6.74. The van der Waals surface area contributed by atoms with Gasteiger partial charge in [0.2, 0.25) is 10.0 Å². The lowest BCUT2D eigenvalue weighted by Gasteiger charge is -2.49. The van der Waals surface area contributed by atoms with E-state index >= 15 is 0 Å². The van der Waals surface area contributed by atoms with Crippen molar-refractivity contribution in [2.24, 2.45) is 0 Å². The summed E-state index contributed by atoms with van der Waals surface area (Å²) in [6.07, 6.45) is -3.64. The first-order valence-electron chi connectivity index (χ1n) is 14.7. The molecule has 0 heterocycles. The Kier molecular flexibility index (Phi) is 10.6. The van der Waals surface area contributed by atoms with Gasteiger partial charge in [-0.25, -0.2) is 13.1 Å². The first-order valence-corrected chi connectivity index (χ1v) is 16.1. The number of benzene rings is 4. The Morgan fingerprint density at radius 1 is 0.750 bits per heavy atom. The van der Waals surface area contributed by atoms with Crippen LogP contribution in [0.15, 0.2) is 120 Å². The zero-order valence-electron chi connectivity index (χ0n) is 24.7. The fourth-order valence-electron chi connectivity index (χ4n) is 5.46. The molecule has 1 aliphatic rings. The highest BCUT2D eigenvalue weighted by Crippen LogP contribution is 2.36. The predicted molar refractivity (Wildman–Crippen MR) is 167 cm³/mol. The smallest absolute Gasteiger partial charge is 0.240 e. The summed E-state index contributed by atoms with van der Waals surface area (Å²) in [4.78, 5) is 0.0610. The number of nitrogens with one attached hydrogen (secondary N) is 1. The van der Waals surface area contributed by atoms with Gasteiger partial charge in [0.25, 0.3) is 0 Å². The van der Waals surface area contributed by atoms with Crippen LogP contribution in [0.4, 0.5) is 0 Å². The second kappa shape index (κ2) is 14.6. The molecule has 4 aromatic rings. The quantitative estimate of drug-likeness (QED) is 0.202. The van der Waals surface area contributed by atoms with Crippen molar-refractivity contribution in [1.29, 1.82) is 0 Å². The summed E-state index contributed by atoms with van der Waals surface area (Å²) in [6, 6.07) is 33.8. The SMILES string of the molecule is Cc1ccc(S(=O)(=O)N[C@@H]2[C@@H](OCc3ccccc3)[C@H](OCc3ccccc3)[C@@](O)(COCc3ccccc3)C[C@@H]2O)cc1. The average Bonchev–Trinajstić information content (AvgIpc) is 3.03. The van der Waals surface area contributed by atoms with Gasteiger partial charge in [0.15, 0.2) is 0 Å². The van der Waals surface area contributed by atoms with E-state index in [1.165, 1.54) is 12.1 Å². The molecule has 0 spiro atoms. The van der Waals surface area contributed by atoms with Crippen molar-refractivity contribution < 1.29 is 32.8 Å². The van der Waals surface area contributed by atoms with E-state index < -0.39 is 40.0 Å². The van der Waals surface area contributed by atoms with Gasteiger partial charge in [0, 0.05) is 6.42 Å². The summed E-state index contributed by atoms with van der Waals surface area (Å²) in [5.74, 6) is 0. The van der Waals surface area contributed by atoms with E-state index in [4.69, 9.17) is 14.2 Å². The third kappa shape index (κ3) is 8.19. The van der Waals surface area contributed by atoms with Crippen molar-refractivity contribution in [3.8, 4) is 0 Å². The summed E-state index contributed by atoms with van der Waals surface area (Å²) in [7, 11) is -4.06. The van der Waals surface area contributed by atoms with E-state index in [9.17, 15) is 18.6 Å². The van der Waals surface area contributed by atoms with E-state index in [0.717, 1.165) is 22.3 Å². The summed E-state index contributed by atoms with van der Waals surface area (Å²) < 4.78 is 48.5. The summed E-state index contributed by atoms with van der Waals surface area (Å²) in [5.41, 5.74) is 1.86. The molecule has 5 atom stereocenters. The first kappa shape index (κ1) is 32.0. The molecule has 4 aromatic carbocycles. The molecule has 44 heavy (non-hydrogen) atoms. The molecule has 1 fully saturated rings. The summed E-state index contributed by atoms with van der Waals surface area (Å²) in [5, 5.41) is 23.6. The Balaban J connectivity index is 1.46. The van der Waals surface area contributed by atoms with E-state index in [1.54, 1.807) is 12.1 Å². The number of ether oxygens (including phenoxy) is 3. The molecule has 0 amide bonds. The van der Waals surface area contributed by atoms with Crippen molar-refractivity contribution in [2.45, 2.75) is 68.0 Å². The van der Waals surface area contributed by atoms with Crippen molar-refractivity contribution in [3.05, 3.63) is 138 Å². The van der Waals surface area contributed by atoms with Crippen LogP contribution in [-0.4, -0.2) is 55.2 Å². The number of aryl methyl sites for hydroxylation is 1. The Morgan fingerprint density at radius 3 is 1.80 bits per heavy atom. The van der Waals surface area contributed by atoms with Crippen molar-refractivity contribution in [3.63, 3.8) is 0 Å². The molecular formula is C35H39NO7S. The minimum absolute atomic E-state index is 0.0610. The molecule has 0 radical (unpaired) electrons. The van der Waals surface area contributed by atoms with E-state index in [1.807, 2.05) is 97.9 Å². The minimum atomic E-state index is -4.06. The molecule has 1 saturated carbocycles. The maximum Gasteiger partial charge on any atom is 0.240 e. The normalized spacial score (nSPS) is 23.8. The number of aliphatic hydroxyl groups excluding tert-OH is 1.